The lowest BCUT2D eigenvalue weighted by molar-refractivity contribution is -0.133. The number of benzene rings is 1. The molecule has 0 saturated carbocycles. The van der Waals surface area contributed by atoms with Crippen molar-refractivity contribution in [2.24, 2.45) is 0 Å². The van der Waals surface area contributed by atoms with Crippen LogP contribution in [0.2, 0.25) is 5.02 Å². The molecule has 0 spiro atoms. The molecule has 0 radical (unpaired) electrons. The number of nitrogens with zero attached hydrogens (tertiary/aromatic N) is 3. The SMILES string of the molecule is Cc1ccc(C(=O)CCC(=O)N(Cc2nnc(-c3ccccc3Cl)o2)C(C)C)s1. The maximum absolute atomic E-state index is 12.7. The second-order valence-electron chi connectivity index (χ2n) is 6.93. The third-order valence-electron chi connectivity index (χ3n) is 4.40. The monoisotopic (exact) mass is 431 g/mol. The van der Waals surface area contributed by atoms with Crippen LogP contribution in [0.15, 0.2) is 40.8 Å². The molecule has 152 valence electrons. The lowest BCUT2D eigenvalue weighted by Crippen LogP contribution is -2.36. The van der Waals surface area contributed by atoms with Crippen LogP contribution in [0.5, 0.6) is 0 Å². The maximum Gasteiger partial charge on any atom is 0.249 e. The molecule has 3 aromatic rings. The fraction of sp³-hybridized carbons (Fsp3) is 0.333. The summed E-state index contributed by atoms with van der Waals surface area (Å²) in [7, 11) is 0. The summed E-state index contributed by atoms with van der Waals surface area (Å²) in [6, 6.07) is 10.8. The van der Waals surface area contributed by atoms with Gasteiger partial charge in [-0.05, 0) is 45.0 Å². The number of hydrogen-bond acceptors (Lipinski definition) is 6. The van der Waals surface area contributed by atoms with E-state index in [9.17, 15) is 9.59 Å². The Kier molecular flexibility index (Phi) is 6.82. The first kappa shape index (κ1) is 21.2. The third kappa shape index (κ3) is 5.31. The quantitative estimate of drug-likeness (QED) is 0.460. The number of carbonyl (C=O) groups is 2. The maximum atomic E-state index is 12.7. The predicted molar refractivity (Wildman–Crippen MR) is 113 cm³/mol. The fourth-order valence-corrected chi connectivity index (χ4v) is 3.89. The van der Waals surface area contributed by atoms with Gasteiger partial charge < -0.3 is 9.32 Å². The van der Waals surface area contributed by atoms with Crippen molar-refractivity contribution in [2.75, 3.05) is 0 Å². The lowest BCUT2D eigenvalue weighted by Gasteiger charge is -2.25. The van der Waals surface area contributed by atoms with Gasteiger partial charge in [-0.1, -0.05) is 23.7 Å². The number of hydrogen-bond donors (Lipinski definition) is 0. The summed E-state index contributed by atoms with van der Waals surface area (Å²) in [5, 5.41) is 8.61. The standard InChI is InChI=1S/C21H22ClN3O3S/c1-13(2)25(20(27)11-9-17(26)18-10-8-14(3)29-18)12-19-23-24-21(28-19)15-6-4-5-7-16(15)22/h4-8,10,13H,9,11-12H2,1-3H3. The van der Waals surface area contributed by atoms with E-state index in [1.807, 2.05) is 45.0 Å². The molecule has 29 heavy (non-hydrogen) atoms. The lowest BCUT2D eigenvalue weighted by atomic mass is 10.1. The highest BCUT2D eigenvalue weighted by Crippen LogP contribution is 2.26. The van der Waals surface area contributed by atoms with Crippen molar-refractivity contribution < 1.29 is 14.0 Å². The minimum Gasteiger partial charge on any atom is -0.419 e. The third-order valence-corrected chi connectivity index (χ3v) is 5.77. The van der Waals surface area contributed by atoms with E-state index >= 15 is 0 Å². The number of amides is 1. The van der Waals surface area contributed by atoms with Gasteiger partial charge in [0.05, 0.1) is 22.0 Å². The molecule has 3 rings (SSSR count). The van der Waals surface area contributed by atoms with Gasteiger partial charge in [-0.3, -0.25) is 9.59 Å². The molecule has 0 aliphatic rings. The molecule has 0 fully saturated rings. The Balaban J connectivity index is 1.65. The molecule has 0 saturated heterocycles. The summed E-state index contributed by atoms with van der Waals surface area (Å²) in [6.45, 7) is 5.95. The summed E-state index contributed by atoms with van der Waals surface area (Å²) >= 11 is 7.62. The topological polar surface area (TPSA) is 76.3 Å². The molecule has 0 aliphatic carbocycles. The number of aryl methyl sites for hydroxylation is 1. The van der Waals surface area contributed by atoms with Crippen LogP contribution in [-0.4, -0.2) is 32.8 Å². The van der Waals surface area contributed by atoms with Crippen molar-refractivity contribution in [3.63, 3.8) is 0 Å². The van der Waals surface area contributed by atoms with Crippen LogP contribution in [-0.2, 0) is 11.3 Å². The summed E-state index contributed by atoms with van der Waals surface area (Å²) in [4.78, 5) is 28.4. The van der Waals surface area contributed by atoms with Crippen molar-refractivity contribution in [1.82, 2.24) is 15.1 Å². The molecule has 1 amide bonds. The Morgan fingerprint density at radius 3 is 2.55 bits per heavy atom. The normalized spacial score (nSPS) is 11.1. The summed E-state index contributed by atoms with van der Waals surface area (Å²) in [5.41, 5.74) is 0.646. The van der Waals surface area contributed by atoms with Crippen LogP contribution >= 0.6 is 22.9 Å². The molecule has 2 heterocycles. The second kappa shape index (κ2) is 9.33. The van der Waals surface area contributed by atoms with Gasteiger partial charge in [0, 0.05) is 23.8 Å². The molecule has 0 unspecified atom stereocenters. The Hall–Kier alpha value is -2.51. The predicted octanol–water partition coefficient (Wildman–Crippen LogP) is 5.16. The molecular weight excluding hydrogens is 410 g/mol. The van der Waals surface area contributed by atoms with E-state index in [4.69, 9.17) is 16.0 Å². The van der Waals surface area contributed by atoms with Crippen molar-refractivity contribution >= 4 is 34.6 Å². The average Bonchev–Trinajstić information content (AvgIpc) is 3.33. The first-order chi connectivity index (χ1) is 13.8. The van der Waals surface area contributed by atoms with Crippen molar-refractivity contribution in [3.8, 4) is 11.5 Å². The van der Waals surface area contributed by atoms with Gasteiger partial charge in [0.1, 0.15) is 0 Å². The van der Waals surface area contributed by atoms with E-state index in [1.54, 1.807) is 17.0 Å². The smallest absolute Gasteiger partial charge is 0.249 e. The van der Waals surface area contributed by atoms with E-state index in [-0.39, 0.29) is 37.1 Å². The first-order valence-corrected chi connectivity index (χ1v) is 10.5. The summed E-state index contributed by atoms with van der Waals surface area (Å²) in [5.74, 6) is 0.491. The summed E-state index contributed by atoms with van der Waals surface area (Å²) in [6.07, 6.45) is 0.316. The summed E-state index contributed by atoms with van der Waals surface area (Å²) < 4.78 is 5.71. The van der Waals surface area contributed by atoms with Crippen LogP contribution in [0.4, 0.5) is 0 Å². The number of ketones is 1. The zero-order chi connectivity index (χ0) is 21.0. The Morgan fingerprint density at radius 1 is 1.14 bits per heavy atom. The van der Waals surface area contributed by atoms with E-state index < -0.39 is 0 Å². The molecule has 0 aliphatic heterocycles. The minimum absolute atomic E-state index is 0.0149. The number of Topliss-reactive ketones (excluding diaryl/α,β-unsaturated/α-hetero) is 1. The Bertz CT molecular complexity index is 1010. The van der Waals surface area contributed by atoms with Gasteiger partial charge in [0.2, 0.25) is 17.7 Å². The molecule has 8 heteroatoms. The van der Waals surface area contributed by atoms with Gasteiger partial charge in [-0.2, -0.15) is 0 Å². The van der Waals surface area contributed by atoms with Gasteiger partial charge in [0.25, 0.3) is 0 Å². The van der Waals surface area contributed by atoms with Crippen LogP contribution in [0.3, 0.4) is 0 Å². The van der Waals surface area contributed by atoms with Crippen LogP contribution < -0.4 is 0 Å². The molecular formula is C21H22ClN3O3S. The first-order valence-electron chi connectivity index (χ1n) is 9.31. The minimum atomic E-state index is -0.126. The number of carbonyl (C=O) groups excluding carboxylic acids is 2. The van der Waals surface area contributed by atoms with E-state index in [2.05, 4.69) is 10.2 Å². The molecule has 0 bridgehead atoms. The van der Waals surface area contributed by atoms with Crippen molar-refractivity contribution in [1.29, 1.82) is 0 Å². The number of thiophene rings is 1. The van der Waals surface area contributed by atoms with E-state index in [1.165, 1.54) is 11.3 Å². The fourth-order valence-electron chi connectivity index (χ4n) is 2.84. The average molecular weight is 432 g/mol. The van der Waals surface area contributed by atoms with Gasteiger partial charge in [-0.25, -0.2) is 0 Å². The van der Waals surface area contributed by atoms with Crippen molar-refractivity contribution in [2.45, 2.75) is 46.2 Å². The zero-order valence-electron chi connectivity index (χ0n) is 16.5. The zero-order valence-corrected chi connectivity index (χ0v) is 18.1. The van der Waals surface area contributed by atoms with Crippen LogP contribution in [0.1, 0.15) is 47.1 Å². The second-order valence-corrected chi connectivity index (χ2v) is 8.62. The van der Waals surface area contributed by atoms with Crippen LogP contribution in [0.25, 0.3) is 11.5 Å². The van der Waals surface area contributed by atoms with E-state index in [0.29, 0.717) is 27.2 Å². The molecule has 0 atom stereocenters. The highest BCUT2D eigenvalue weighted by molar-refractivity contribution is 7.14. The van der Waals surface area contributed by atoms with E-state index in [0.717, 1.165) is 4.88 Å². The highest BCUT2D eigenvalue weighted by atomic mass is 35.5. The molecule has 0 N–H and O–H groups in total. The molecule has 1 aromatic carbocycles. The largest absolute Gasteiger partial charge is 0.419 e. The van der Waals surface area contributed by atoms with Gasteiger partial charge in [-0.15, -0.1) is 21.5 Å². The molecule has 6 nitrogen and oxygen atoms in total. The Morgan fingerprint density at radius 2 is 1.90 bits per heavy atom. The number of halogens is 1. The van der Waals surface area contributed by atoms with Crippen molar-refractivity contribution in [3.05, 3.63) is 57.1 Å². The van der Waals surface area contributed by atoms with Crippen LogP contribution in [0, 0.1) is 6.92 Å². The molecule has 2 aromatic heterocycles. The van der Waals surface area contributed by atoms with Gasteiger partial charge in [0.15, 0.2) is 5.78 Å². The van der Waals surface area contributed by atoms with Gasteiger partial charge >= 0.3 is 0 Å². The Labute approximate surface area is 178 Å². The number of rotatable bonds is 8. The highest BCUT2D eigenvalue weighted by Gasteiger charge is 2.22. The number of aromatic nitrogens is 2.